The van der Waals surface area contributed by atoms with Crippen LogP contribution in [0.4, 0.5) is 9.59 Å². The number of nitrogens with zero attached hydrogens (tertiary/aromatic N) is 6. The van der Waals surface area contributed by atoms with Gasteiger partial charge >= 0.3 is 12.2 Å². The van der Waals surface area contributed by atoms with Crippen molar-refractivity contribution in [2.24, 2.45) is 0 Å². The molecule has 64 heavy (non-hydrogen) atoms. The van der Waals surface area contributed by atoms with Crippen LogP contribution in [0.2, 0.25) is 51.4 Å². The van der Waals surface area contributed by atoms with E-state index in [1.807, 2.05) is 57.5 Å². The maximum Gasteiger partial charge on any atom is 0.410 e. The molecule has 2 aliphatic heterocycles. The summed E-state index contributed by atoms with van der Waals surface area (Å²) >= 11 is 0. The van der Waals surface area contributed by atoms with Crippen molar-refractivity contribution in [1.82, 2.24) is 28.9 Å². The van der Waals surface area contributed by atoms with Gasteiger partial charge in [0, 0.05) is 54.1 Å². The molecule has 354 valence electrons. The van der Waals surface area contributed by atoms with Gasteiger partial charge in [0.15, 0.2) is 0 Å². The molecule has 5 fully saturated rings. The molecule has 2 aromatic heterocycles. The SMILES string of the molecule is CC(C)(C)OC(=O)N1CCC[C@H]1c1nc(C23CCC(c4ccc(-c5cnc([C@@H]6CCCN6C(=O)OC(C)(C)C)n5COCC[Si](C)(C)C)cc4)(CC2)CC3)cn1COCC[Si](C)(C)C. The fraction of sp³-hybridized carbons (Fsp3) is 0.720. The lowest BCUT2D eigenvalue weighted by molar-refractivity contribution is 0.0195. The third kappa shape index (κ3) is 11.4. The van der Waals surface area contributed by atoms with E-state index in [1.165, 1.54) is 11.3 Å². The Morgan fingerprint density at radius 3 is 1.67 bits per heavy atom. The molecule has 0 radical (unpaired) electrons. The average Bonchev–Trinajstić information content (AvgIpc) is 4.03. The molecule has 14 heteroatoms. The maximum atomic E-state index is 13.5. The van der Waals surface area contributed by atoms with E-state index in [-0.39, 0.29) is 35.1 Å². The van der Waals surface area contributed by atoms with Crippen molar-refractivity contribution in [3.63, 3.8) is 0 Å². The first-order valence-corrected chi connectivity index (χ1v) is 31.8. The summed E-state index contributed by atoms with van der Waals surface area (Å²) < 4.78 is 28.9. The van der Waals surface area contributed by atoms with Gasteiger partial charge in [0.2, 0.25) is 0 Å². The summed E-state index contributed by atoms with van der Waals surface area (Å²) in [5, 5.41) is 0. The Labute approximate surface area is 386 Å². The van der Waals surface area contributed by atoms with Gasteiger partial charge in [0.1, 0.15) is 36.3 Å². The predicted octanol–water partition coefficient (Wildman–Crippen LogP) is 12.1. The lowest BCUT2D eigenvalue weighted by Crippen LogP contribution is -2.46. The fourth-order valence-electron chi connectivity index (χ4n) is 10.3. The van der Waals surface area contributed by atoms with Crippen LogP contribution in [0.25, 0.3) is 11.3 Å². The molecule has 5 aliphatic rings. The van der Waals surface area contributed by atoms with Gasteiger partial charge in [-0.15, -0.1) is 0 Å². The number of fused-ring (bicyclic) bond motifs is 3. The highest BCUT2D eigenvalue weighted by Crippen LogP contribution is 2.58. The van der Waals surface area contributed by atoms with Gasteiger partial charge in [-0.2, -0.15) is 0 Å². The van der Waals surface area contributed by atoms with E-state index >= 15 is 0 Å². The third-order valence-electron chi connectivity index (χ3n) is 14.1. The molecular formula is C50H80N6O6Si2. The summed E-state index contributed by atoms with van der Waals surface area (Å²) in [5.41, 5.74) is 3.71. The summed E-state index contributed by atoms with van der Waals surface area (Å²) in [6, 6.07) is 11.2. The number of aromatic nitrogens is 4. The van der Waals surface area contributed by atoms with Crippen LogP contribution in [-0.4, -0.2) is 94.7 Å². The normalized spacial score (nSPS) is 24.2. The number of hydrogen-bond donors (Lipinski definition) is 0. The van der Waals surface area contributed by atoms with Crippen molar-refractivity contribution in [3.8, 4) is 11.3 Å². The van der Waals surface area contributed by atoms with Crippen molar-refractivity contribution in [1.29, 1.82) is 0 Å². The lowest BCUT2D eigenvalue weighted by Gasteiger charge is -2.53. The van der Waals surface area contributed by atoms with Gasteiger partial charge in [-0.3, -0.25) is 9.80 Å². The summed E-state index contributed by atoms with van der Waals surface area (Å²) in [7, 11) is -2.52. The zero-order valence-electron chi connectivity index (χ0n) is 41.5. The van der Waals surface area contributed by atoms with Crippen LogP contribution in [0.3, 0.4) is 0 Å². The molecule has 3 aromatic rings. The van der Waals surface area contributed by atoms with E-state index in [2.05, 4.69) is 78.9 Å². The monoisotopic (exact) mass is 917 g/mol. The average molecular weight is 917 g/mol. The van der Waals surface area contributed by atoms with Gasteiger partial charge in [0.05, 0.1) is 29.7 Å². The van der Waals surface area contributed by atoms with Gasteiger partial charge in [-0.05, 0) is 134 Å². The third-order valence-corrected chi connectivity index (χ3v) is 17.5. The molecular weight excluding hydrogens is 837 g/mol. The summed E-state index contributed by atoms with van der Waals surface area (Å²) in [6.07, 6.45) is 13.8. The van der Waals surface area contributed by atoms with Gasteiger partial charge < -0.3 is 28.1 Å². The van der Waals surface area contributed by atoms with Gasteiger partial charge in [0.25, 0.3) is 0 Å². The molecule has 1 aromatic carbocycles. The van der Waals surface area contributed by atoms with Crippen molar-refractivity contribution in [3.05, 3.63) is 59.6 Å². The number of imidazole rings is 2. The van der Waals surface area contributed by atoms with Crippen molar-refractivity contribution >= 4 is 28.3 Å². The molecule has 2 saturated heterocycles. The first-order valence-electron chi connectivity index (χ1n) is 24.3. The number of benzene rings is 1. The van der Waals surface area contributed by atoms with Crippen molar-refractivity contribution < 1.29 is 28.5 Å². The summed E-state index contributed by atoms with van der Waals surface area (Å²) in [6.45, 7) is 29.4. The molecule has 2 bridgehead atoms. The minimum Gasteiger partial charge on any atom is -0.444 e. The highest BCUT2D eigenvalue weighted by atomic mass is 28.3. The lowest BCUT2D eigenvalue weighted by atomic mass is 9.51. The second-order valence-electron chi connectivity index (χ2n) is 23.9. The van der Waals surface area contributed by atoms with Crippen LogP contribution in [0.15, 0.2) is 36.7 Å². The molecule has 4 heterocycles. The Morgan fingerprint density at radius 2 is 1.17 bits per heavy atom. The molecule has 2 amide bonds. The minimum absolute atomic E-state index is 0.0151. The molecule has 12 nitrogen and oxygen atoms in total. The fourth-order valence-corrected chi connectivity index (χ4v) is 11.8. The first-order chi connectivity index (χ1) is 29.9. The van der Waals surface area contributed by atoms with E-state index in [1.54, 1.807) is 0 Å². The number of amides is 2. The Kier molecular flexibility index (Phi) is 14.1. The first kappa shape index (κ1) is 48.5. The van der Waals surface area contributed by atoms with E-state index in [0.717, 1.165) is 106 Å². The zero-order valence-corrected chi connectivity index (χ0v) is 43.5. The van der Waals surface area contributed by atoms with E-state index in [0.29, 0.717) is 33.2 Å². The highest BCUT2D eigenvalue weighted by molar-refractivity contribution is 6.76. The number of carbonyl (C=O) groups is 2. The quantitative estimate of drug-likeness (QED) is 0.109. The molecule has 0 spiro atoms. The Bertz CT molecular complexity index is 2060. The maximum absolute atomic E-state index is 13.5. The van der Waals surface area contributed by atoms with Crippen LogP contribution in [0.5, 0.6) is 0 Å². The van der Waals surface area contributed by atoms with E-state index in [9.17, 15) is 9.59 Å². The van der Waals surface area contributed by atoms with Gasteiger partial charge in [-0.25, -0.2) is 19.6 Å². The summed E-state index contributed by atoms with van der Waals surface area (Å²) in [5.74, 6) is 1.80. The molecule has 0 unspecified atom stereocenters. The predicted molar refractivity (Wildman–Crippen MR) is 259 cm³/mol. The molecule has 8 rings (SSSR count). The number of rotatable bonds is 15. The van der Waals surface area contributed by atoms with Crippen LogP contribution in [0.1, 0.15) is 141 Å². The molecule has 2 atom stereocenters. The summed E-state index contributed by atoms with van der Waals surface area (Å²) in [4.78, 5) is 41.1. The topological polar surface area (TPSA) is 113 Å². The number of likely N-dealkylation sites (tertiary alicyclic amines) is 2. The van der Waals surface area contributed by atoms with Crippen LogP contribution < -0.4 is 0 Å². The number of hydrogen-bond acceptors (Lipinski definition) is 8. The Hall–Kier alpha value is -3.47. The van der Waals surface area contributed by atoms with Crippen molar-refractivity contribution in [2.75, 3.05) is 26.3 Å². The number of ether oxygens (including phenoxy) is 4. The molecule has 3 aliphatic carbocycles. The van der Waals surface area contributed by atoms with Crippen LogP contribution in [0, 0.1) is 0 Å². The van der Waals surface area contributed by atoms with E-state index in [4.69, 9.17) is 28.9 Å². The van der Waals surface area contributed by atoms with E-state index < -0.39 is 27.3 Å². The van der Waals surface area contributed by atoms with Crippen LogP contribution >= 0.6 is 0 Å². The van der Waals surface area contributed by atoms with Crippen molar-refractivity contribution in [2.45, 2.75) is 205 Å². The Balaban J connectivity index is 1.10. The standard InChI is InChI=1S/C50H80N6O6Si2/c1-47(2,3)61-45(57)54-27-13-15-39(54)43-51-33-41(56(43)36-60-30-32-64(10,11)12)37-17-19-38(20-18-37)49-21-24-50(25-22-49,26-23-49)42-34-53(35-59-29-31-63(7,8)9)44(52-42)40-16-14-28-55(40)46(58)62-48(4,5)6/h17-20,33-34,39-40H,13-16,21-32,35-36H2,1-12H3/t39-,40-,49?,50?/m0/s1. The zero-order chi connectivity index (χ0) is 46.3. The highest BCUT2D eigenvalue weighted by Gasteiger charge is 2.52. The molecule has 3 saturated carbocycles. The second kappa shape index (κ2) is 18.7. The van der Waals surface area contributed by atoms with Crippen LogP contribution in [-0.2, 0) is 43.2 Å². The Morgan fingerprint density at radius 1 is 0.688 bits per heavy atom. The smallest absolute Gasteiger partial charge is 0.410 e. The largest absolute Gasteiger partial charge is 0.444 e. The minimum atomic E-state index is -1.28. The second-order valence-corrected chi connectivity index (χ2v) is 35.1. The number of carbonyl (C=O) groups excluding carboxylic acids is 2. The van der Waals surface area contributed by atoms with Gasteiger partial charge in [-0.1, -0.05) is 63.5 Å². The molecule has 0 N–H and O–H groups in total.